The molecular weight excluding hydrogens is 279 g/mol. The lowest BCUT2D eigenvalue weighted by atomic mass is 10.2. The Kier molecular flexibility index (Phi) is 3.92. The fourth-order valence-corrected chi connectivity index (χ4v) is 6.87. The molecule has 0 amide bonds. The molecule has 0 aliphatic carbocycles. The molecule has 0 saturated carbocycles. The number of hydrogen-bond donors (Lipinski definition) is 0. The van der Waals surface area contributed by atoms with Crippen molar-refractivity contribution in [1.29, 1.82) is 0 Å². The van der Waals surface area contributed by atoms with E-state index in [1.807, 2.05) is 58.0 Å². The van der Waals surface area contributed by atoms with Crippen LogP contribution in [0.1, 0.15) is 41.5 Å². The first-order valence-electron chi connectivity index (χ1n) is 7.33. The number of para-hydroxylation sites is 1. The van der Waals surface area contributed by atoms with Crippen LogP contribution in [-0.2, 0) is 4.57 Å². The van der Waals surface area contributed by atoms with E-state index < -0.39 is 7.29 Å². The monoisotopic (exact) mass is 305 g/mol. The molecule has 1 heterocycles. The first-order valence-corrected chi connectivity index (χ1v) is 8.99. The van der Waals surface area contributed by atoms with E-state index in [0.717, 1.165) is 5.69 Å². The predicted octanol–water partition coefficient (Wildman–Crippen LogP) is 4.49. The largest absolute Gasteiger partial charge is 0.273 e. The first-order chi connectivity index (χ1) is 9.57. The van der Waals surface area contributed by atoms with Gasteiger partial charge in [-0.15, -0.1) is 0 Å². The van der Waals surface area contributed by atoms with Crippen LogP contribution in [0.15, 0.2) is 49.1 Å². The molecule has 1 aromatic heterocycles. The van der Waals surface area contributed by atoms with E-state index in [4.69, 9.17) is 0 Å². The summed E-state index contributed by atoms with van der Waals surface area (Å²) in [5, 5.41) is -0.586. The molecule has 0 saturated heterocycles. The van der Waals surface area contributed by atoms with Crippen molar-refractivity contribution in [2.45, 2.75) is 51.9 Å². The molecule has 0 bridgehead atoms. The highest BCUT2D eigenvalue weighted by Crippen LogP contribution is 2.62. The molecule has 0 unspecified atom stereocenters. The van der Waals surface area contributed by atoms with Gasteiger partial charge in [-0.1, -0.05) is 18.2 Å². The van der Waals surface area contributed by atoms with Gasteiger partial charge >= 0.3 is 0 Å². The second-order valence-electron chi connectivity index (χ2n) is 7.45. The average Bonchev–Trinajstić information content (AvgIpc) is 2.86. The molecular formula is C17H26N2OP+. The lowest BCUT2D eigenvalue weighted by molar-refractivity contribution is -0.523. The molecule has 0 spiro atoms. The summed E-state index contributed by atoms with van der Waals surface area (Å²) in [4.78, 5) is 0. The Balaban J connectivity index is 2.55. The van der Waals surface area contributed by atoms with Gasteiger partial charge in [-0.2, -0.15) is 4.34 Å². The maximum absolute atomic E-state index is 13.9. The highest BCUT2D eigenvalue weighted by atomic mass is 31.2. The smallest absolute Gasteiger partial charge is 0.261 e. The van der Waals surface area contributed by atoms with Gasteiger partial charge in [0.25, 0.3) is 13.6 Å². The maximum Gasteiger partial charge on any atom is 0.261 e. The van der Waals surface area contributed by atoms with Crippen LogP contribution in [-0.4, -0.2) is 14.9 Å². The van der Waals surface area contributed by atoms with Crippen molar-refractivity contribution in [1.82, 2.24) is 4.57 Å². The summed E-state index contributed by atoms with van der Waals surface area (Å²) in [6.45, 7) is 12.4. The molecule has 4 heteroatoms. The number of hydrogen-bond acceptors (Lipinski definition) is 1. The van der Waals surface area contributed by atoms with Gasteiger partial charge < -0.3 is 0 Å². The maximum atomic E-state index is 13.9. The second-order valence-corrected chi connectivity index (χ2v) is 11.8. The number of benzene rings is 1. The molecule has 3 nitrogen and oxygen atoms in total. The molecule has 2 rings (SSSR count). The zero-order chi connectivity index (χ0) is 15.9. The van der Waals surface area contributed by atoms with Gasteiger partial charge in [0.15, 0.2) is 0 Å². The molecule has 1 aromatic carbocycles. The summed E-state index contributed by atoms with van der Waals surface area (Å²) in [6.07, 6.45) is 5.86. The molecule has 21 heavy (non-hydrogen) atoms. The Labute approximate surface area is 128 Å². The van der Waals surface area contributed by atoms with E-state index >= 15 is 0 Å². The molecule has 0 aliphatic heterocycles. The minimum Gasteiger partial charge on any atom is -0.273 e. The summed E-state index contributed by atoms with van der Waals surface area (Å²) in [5.74, 6) is 0. The number of imidazole rings is 1. The Hall–Kier alpha value is -1.34. The van der Waals surface area contributed by atoms with Gasteiger partial charge in [0.05, 0.1) is 10.3 Å². The van der Waals surface area contributed by atoms with Crippen LogP contribution in [0.25, 0.3) is 5.69 Å². The Bertz CT molecular complexity index is 642. The van der Waals surface area contributed by atoms with Gasteiger partial charge in [-0.3, -0.25) is 4.57 Å². The van der Waals surface area contributed by atoms with Gasteiger partial charge in [0.2, 0.25) is 0 Å². The van der Waals surface area contributed by atoms with Gasteiger partial charge in [0.1, 0.15) is 18.1 Å². The number of nitrogens with zero attached hydrogens (tertiary/aromatic N) is 2. The Morgan fingerprint density at radius 3 is 1.95 bits per heavy atom. The lowest BCUT2D eigenvalue weighted by Gasteiger charge is -2.37. The standard InChI is InChI=1S/C17H26N2OP/c1-16(2,3)21(20,17(4,5)6)19-13-12-18(14-19)15-10-8-7-9-11-15/h7-14H,1-6H3/q+1. The third-order valence-corrected chi connectivity index (χ3v) is 8.34. The number of rotatable bonds is 2. The molecule has 0 fully saturated rings. The van der Waals surface area contributed by atoms with Crippen molar-refractivity contribution in [3.63, 3.8) is 0 Å². The third-order valence-electron chi connectivity index (χ3n) is 3.82. The predicted molar refractivity (Wildman–Crippen MR) is 88.5 cm³/mol. The summed E-state index contributed by atoms with van der Waals surface area (Å²) in [5.41, 5.74) is 1.07. The van der Waals surface area contributed by atoms with Crippen molar-refractivity contribution < 1.29 is 8.90 Å². The third kappa shape index (κ3) is 2.72. The Morgan fingerprint density at radius 1 is 0.952 bits per heavy atom. The summed E-state index contributed by atoms with van der Waals surface area (Å²) >= 11 is 0. The van der Waals surface area contributed by atoms with E-state index in [1.54, 1.807) is 0 Å². The molecule has 0 radical (unpaired) electrons. The lowest BCUT2D eigenvalue weighted by Crippen LogP contribution is -2.46. The van der Waals surface area contributed by atoms with E-state index in [9.17, 15) is 4.57 Å². The van der Waals surface area contributed by atoms with Crippen molar-refractivity contribution in [2.75, 3.05) is 0 Å². The molecule has 0 N–H and O–H groups in total. The molecule has 0 atom stereocenters. The van der Waals surface area contributed by atoms with Crippen LogP contribution < -0.4 is 4.34 Å². The van der Waals surface area contributed by atoms with Crippen molar-refractivity contribution >= 4 is 7.29 Å². The van der Waals surface area contributed by atoms with Crippen LogP contribution in [0, 0.1) is 0 Å². The van der Waals surface area contributed by atoms with Crippen LogP contribution in [0.3, 0.4) is 0 Å². The minimum absolute atomic E-state index is 0.293. The highest BCUT2D eigenvalue weighted by Gasteiger charge is 2.52. The topological polar surface area (TPSA) is 25.9 Å². The van der Waals surface area contributed by atoms with Crippen LogP contribution in [0.2, 0.25) is 0 Å². The van der Waals surface area contributed by atoms with Crippen molar-refractivity contribution in [2.24, 2.45) is 0 Å². The quantitative estimate of drug-likeness (QED) is 0.751. The molecule has 114 valence electrons. The fraction of sp³-hybridized carbons (Fsp3) is 0.471. The molecule has 0 aliphatic rings. The van der Waals surface area contributed by atoms with Crippen LogP contribution in [0.5, 0.6) is 0 Å². The zero-order valence-electron chi connectivity index (χ0n) is 13.9. The first kappa shape index (κ1) is 16.0. The number of aromatic nitrogens is 2. The average molecular weight is 305 g/mol. The van der Waals surface area contributed by atoms with Gasteiger partial charge in [0, 0.05) is 0 Å². The Morgan fingerprint density at radius 2 is 1.48 bits per heavy atom. The summed E-state index contributed by atoms with van der Waals surface area (Å²) < 4.78 is 17.8. The summed E-state index contributed by atoms with van der Waals surface area (Å²) in [7, 11) is -2.64. The van der Waals surface area contributed by atoms with Crippen molar-refractivity contribution in [3.05, 3.63) is 49.1 Å². The fourth-order valence-electron chi connectivity index (χ4n) is 2.96. The summed E-state index contributed by atoms with van der Waals surface area (Å²) in [6, 6.07) is 10.1. The van der Waals surface area contributed by atoms with E-state index in [1.165, 1.54) is 0 Å². The van der Waals surface area contributed by atoms with Crippen LogP contribution in [0.4, 0.5) is 0 Å². The minimum atomic E-state index is -2.64. The van der Waals surface area contributed by atoms with Gasteiger partial charge in [-0.25, -0.2) is 4.57 Å². The van der Waals surface area contributed by atoms with E-state index in [-0.39, 0.29) is 10.3 Å². The molecule has 2 aromatic rings. The zero-order valence-corrected chi connectivity index (χ0v) is 14.8. The van der Waals surface area contributed by atoms with E-state index in [0.29, 0.717) is 0 Å². The van der Waals surface area contributed by atoms with E-state index in [2.05, 4.69) is 41.5 Å². The SMILES string of the molecule is CC(C)(C)P(=O)([n+]1ccn(-c2ccccc2)c1)C(C)(C)C. The second kappa shape index (κ2) is 5.14. The van der Waals surface area contributed by atoms with Crippen LogP contribution >= 0.6 is 7.29 Å². The van der Waals surface area contributed by atoms with Crippen molar-refractivity contribution in [3.8, 4) is 5.69 Å². The normalized spacial score (nSPS) is 13.4. The highest BCUT2D eigenvalue weighted by molar-refractivity contribution is 7.60. The van der Waals surface area contributed by atoms with Gasteiger partial charge in [-0.05, 0) is 53.7 Å².